The minimum absolute atomic E-state index is 0.0990. The van der Waals surface area contributed by atoms with Gasteiger partial charge in [-0.05, 0) is 30.7 Å². The Bertz CT molecular complexity index is 865. The minimum Gasteiger partial charge on any atom is -0.497 e. The molecule has 0 spiro atoms. The Morgan fingerprint density at radius 2 is 1.80 bits per heavy atom. The van der Waals surface area contributed by atoms with Gasteiger partial charge in [-0.2, -0.15) is 0 Å². The smallest absolute Gasteiger partial charge is 0.244 e. The van der Waals surface area contributed by atoms with Crippen LogP contribution < -0.4 is 19.5 Å². The van der Waals surface area contributed by atoms with E-state index in [2.05, 4.69) is 10.0 Å². The molecule has 0 fully saturated rings. The van der Waals surface area contributed by atoms with Gasteiger partial charge in [0.1, 0.15) is 16.4 Å². The molecule has 0 bridgehead atoms. The lowest BCUT2D eigenvalue weighted by molar-refractivity contribution is -0.115. The maximum absolute atomic E-state index is 12.5. The Hall–Kier alpha value is -2.58. The van der Waals surface area contributed by atoms with Crippen molar-refractivity contribution in [3.8, 4) is 11.5 Å². The molecule has 2 N–H and O–H groups in total. The standard InChI is InChI=1S/C17H20N2O5S/c1-12-6-4-5-7-14(12)19-17(20)11-18-25(21,22)16-10-13(23-2)8-9-15(16)24-3/h4-10,18H,11H2,1-3H3,(H,19,20). The van der Waals surface area contributed by atoms with Crippen molar-refractivity contribution in [3.05, 3.63) is 48.0 Å². The van der Waals surface area contributed by atoms with Gasteiger partial charge in [0.2, 0.25) is 15.9 Å². The molecule has 0 aliphatic heterocycles. The predicted octanol–water partition coefficient (Wildman–Crippen LogP) is 1.93. The van der Waals surface area contributed by atoms with Crippen LogP contribution in [0.3, 0.4) is 0 Å². The number of sulfonamides is 1. The number of methoxy groups -OCH3 is 2. The molecule has 25 heavy (non-hydrogen) atoms. The SMILES string of the molecule is COc1ccc(OC)c(S(=O)(=O)NCC(=O)Nc2ccccc2C)c1. The number of aryl methyl sites for hydroxylation is 1. The molecule has 2 aromatic carbocycles. The summed E-state index contributed by atoms with van der Waals surface area (Å²) in [6.07, 6.45) is 0. The Labute approximate surface area is 147 Å². The van der Waals surface area contributed by atoms with E-state index >= 15 is 0 Å². The average molecular weight is 364 g/mol. The van der Waals surface area contributed by atoms with Crippen molar-refractivity contribution in [2.45, 2.75) is 11.8 Å². The molecule has 0 heterocycles. The van der Waals surface area contributed by atoms with E-state index in [9.17, 15) is 13.2 Å². The Morgan fingerprint density at radius 3 is 2.44 bits per heavy atom. The number of nitrogens with one attached hydrogen (secondary N) is 2. The normalized spacial score (nSPS) is 11.0. The summed E-state index contributed by atoms with van der Waals surface area (Å²) < 4.78 is 37.3. The summed E-state index contributed by atoms with van der Waals surface area (Å²) in [5, 5.41) is 2.66. The largest absolute Gasteiger partial charge is 0.497 e. The molecule has 0 unspecified atom stereocenters. The van der Waals surface area contributed by atoms with Gasteiger partial charge in [-0.1, -0.05) is 18.2 Å². The average Bonchev–Trinajstić information content (AvgIpc) is 2.61. The third-order valence-corrected chi connectivity index (χ3v) is 4.92. The number of amides is 1. The molecule has 134 valence electrons. The Morgan fingerprint density at radius 1 is 1.08 bits per heavy atom. The summed E-state index contributed by atoms with van der Waals surface area (Å²) in [4.78, 5) is 11.9. The van der Waals surface area contributed by atoms with E-state index in [-0.39, 0.29) is 10.6 Å². The van der Waals surface area contributed by atoms with Gasteiger partial charge in [-0.25, -0.2) is 13.1 Å². The third kappa shape index (κ3) is 4.71. The number of hydrogen-bond acceptors (Lipinski definition) is 5. The number of carbonyl (C=O) groups excluding carboxylic acids is 1. The first-order valence-corrected chi connectivity index (χ1v) is 8.93. The first-order valence-electron chi connectivity index (χ1n) is 7.44. The van der Waals surface area contributed by atoms with Crippen LogP contribution in [-0.2, 0) is 14.8 Å². The molecule has 7 nitrogen and oxygen atoms in total. The summed E-state index contributed by atoms with van der Waals surface area (Å²) in [5.74, 6) is 0.0536. The molecule has 0 aromatic heterocycles. The predicted molar refractivity (Wildman–Crippen MR) is 94.5 cm³/mol. The molecule has 0 aliphatic carbocycles. The van der Waals surface area contributed by atoms with Gasteiger partial charge in [0.15, 0.2) is 0 Å². The van der Waals surface area contributed by atoms with E-state index in [1.54, 1.807) is 18.2 Å². The summed E-state index contributed by atoms with van der Waals surface area (Å²) in [7, 11) is -1.15. The van der Waals surface area contributed by atoms with Crippen molar-refractivity contribution in [3.63, 3.8) is 0 Å². The van der Waals surface area contributed by atoms with Gasteiger partial charge in [-0.15, -0.1) is 0 Å². The maximum atomic E-state index is 12.5. The quantitative estimate of drug-likeness (QED) is 0.783. The molecule has 2 aromatic rings. The van der Waals surface area contributed by atoms with E-state index < -0.39 is 22.5 Å². The van der Waals surface area contributed by atoms with Crippen LogP contribution in [-0.4, -0.2) is 35.1 Å². The van der Waals surface area contributed by atoms with Crippen molar-refractivity contribution in [2.75, 3.05) is 26.1 Å². The van der Waals surface area contributed by atoms with Gasteiger partial charge in [0, 0.05) is 11.8 Å². The third-order valence-electron chi connectivity index (χ3n) is 3.50. The zero-order valence-electron chi connectivity index (χ0n) is 14.2. The summed E-state index contributed by atoms with van der Waals surface area (Å²) in [6, 6.07) is 11.6. The number of ether oxygens (including phenoxy) is 2. The summed E-state index contributed by atoms with van der Waals surface area (Å²) >= 11 is 0. The van der Waals surface area contributed by atoms with Crippen LogP contribution in [0, 0.1) is 6.92 Å². The van der Waals surface area contributed by atoms with Gasteiger partial charge in [-0.3, -0.25) is 4.79 Å². The number of rotatable bonds is 7. The summed E-state index contributed by atoms with van der Waals surface area (Å²) in [6.45, 7) is 1.44. The summed E-state index contributed by atoms with van der Waals surface area (Å²) in [5.41, 5.74) is 1.51. The van der Waals surface area contributed by atoms with Crippen molar-refractivity contribution in [1.82, 2.24) is 4.72 Å². The Balaban J connectivity index is 2.11. The van der Waals surface area contributed by atoms with E-state index in [0.717, 1.165) is 5.56 Å². The molecular formula is C17H20N2O5S. The number of anilines is 1. The van der Waals surface area contributed by atoms with Gasteiger partial charge >= 0.3 is 0 Å². The van der Waals surface area contributed by atoms with E-state index in [1.165, 1.54) is 26.4 Å². The van der Waals surface area contributed by atoms with Crippen LogP contribution in [0.2, 0.25) is 0 Å². The molecule has 0 saturated carbocycles. The van der Waals surface area contributed by atoms with Gasteiger partial charge in [0.25, 0.3) is 0 Å². The molecule has 0 aliphatic rings. The van der Waals surface area contributed by atoms with E-state index in [0.29, 0.717) is 11.4 Å². The lowest BCUT2D eigenvalue weighted by Gasteiger charge is -2.12. The highest BCUT2D eigenvalue weighted by Crippen LogP contribution is 2.27. The molecule has 0 saturated heterocycles. The fourth-order valence-corrected chi connectivity index (χ4v) is 3.30. The van der Waals surface area contributed by atoms with E-state index in [1.807, 2.05) is 19.1 Å². The zero-order chi connectivity index (χ0) is 18.4. The first-order chi connectivity index (χ1) is 11.9. The van der Waals surface area contributed by atoms with Crippen LogP contribution in [0.5, 0.6) is 11.5 Å². The van der Waals surface area contributed by atoms with Crippen LogP contribution in [0.25, 0.3) is 0 Å². The van der Waals surface area contributed by atoms with E-state index in [4.69, 9.17) is 9.47 Å². The number of hydrogen-bond donors (Lipinski definition) is 2. The molecule has 0 atom stereocenters. The van der Waals surface area contributed by atoms with Crippen molar-refractivity contribution in [2.24, 2.45) is 0 Å². The zero-order valence-corrected chi connectivity index (χ0v) is 15.0. The van der Waals surface area contributed by atoms with Crippen molar-refractivity contribution >= 4 is 21.6 Å². The molecule has 2 rings (SSSR count). The lowest BCUT2D eigenvalue weighted by atomic mass is 10.2. The van der Waals surface area contributed by atoms with Crippen LogP contribution >= 0.6 is 0 Å². The fourth-order valence-electron chi connectivity index (χ4n) is 2.14. The Kier molecular flexibility index (Phi) is 6.00. The second-order valence-electron chi connectivity index (χ2n) is 5.20. The lowest BCUT2D eigenvalue weighted by Crippen LogP contribution is -2.33. The number of carbonyl (C=O) groups is 1. The fraction of sp³-hybridized carbons (Fsp3) is 0.235. The topological polar surface area (TPSA) is 93.7 Å². The number of benzene rings is 2. The molecule has 8 heteroatoms. The highest BCUT2D eigenvalue weighted by atomic mass is 32.2. The molecule has 1 amide bonds. The van der Waals surface area contributed by atoms with Crippen LogP contribution in [0.4, 0.5) is 5.69 Å². The second-order valence-corrected chi connectivity index (χ2v) is 6.94. The molecular weight excluding hydrogens is 344 g/mol. The van der Waals surface area contributed by atoms with Crippen molar-refractivity contribution < 1.29 is 22.7 Å². The van der Waals surface area contributed by atoms with Gasteiger partial charge in [0.05, 0.1) is 20.8 Å². The highest BCUT2D eigenvalue weighted by Gasteiger charge is 2.21. The second kappa shape index (κ2) is 8.00. The van der Waals surface area contributed by atoms with Crippen molar-refractivity contribution in [1.29, 1.82) is 0 Å². The van der Waals surface area contributed by atoms with Crippen LogP contribution in [0.15, 0.2) is 47.4 Å². The maximum Gasteiger partial charge on any atom is 0.244 e. The minimum atomic E-state index is -3.95. The van der Waals surface area contributed by atoms with Gasteiger partial charge < -0.3 is 14.8 Å². The monoisotopic (exact) mass is 364 g/mol. The molecule has 0 radical (unpaired) electrons. The first kappa shape index (κ1) is 18.8. The number of para-hydroxylation sites is 1. The highest BCUT2D eigenvalue weighted by molar-refractivity contribution is 7.89. The van der Waals surface area contributed by atoms with Crippen LogP contribution in [0.1, 0.15) is 5.56 Å².